The van der Waals surface area contributed by atoms with Crippen molar-refractivity contribution in [3.63, 3.8) is 0 Å². The maximum absolute atomic E-state index is 3.62. The summed E-state index contributed by atoms with van der Waals surface area (Å²) >= 11 is 15.1. The van der Waals surface area contributed by atoms with Crippen LogP contribution in [0.3, 0.4) is 0 Å². The van der Waals surface area contributed by atoms with E-state index in [1.807, 2.05) is 47.0 Å². The highest BCUT2D eigenvalue weighted by Gasteiger charge is 2.27. The summed E-state index contributed by atoms with van der Waals surface area (Å²) in [7, 11) is 0. The summed E-state index contributed by atoms with van der Waals surface area (Å²) in [6.07, 6.45) is 0. The highest BCUT2D eigenvalue weighted by Crippen LogP contribution is 2.55. The minimum atomic E-state index is 0.626. The molecule has 0 spiro atoms. The summed E-state index contributed by atoms with van der Waals surface area (Å²) in [4.78, 5) is 0. The molecule has 0 aromatic heterocycles. The zero-order valence-corrected chi connectivity index (χ0v) is 12.4. The second-order valence-corrected chi connectivity index (χ2v) is 10.7. The third-order valence-corrected chi connectivity index (χ3v) is 9.79. The van der Waals surface area contributed by atoms with Crippen molar-refractivity contribution in [2.75, 3.05) is 11.5 Å². The van der Waals surface area contributed by atoms with Gasteiger partial charge in [0.25, 0.3) is 0 Å². The lowest BCUT2D eigenvalue weighted by Gasteiger charge is -1.99. The molecule has 2 fully saturated rings. The fraction of sp³-hybridized carbons (Fsp3) is 0.667. The number of rotatable bonds is 0. The van der Waals surface area contributed by atoms with Crippen LogP contribution in [-0.4, -0.2) is 19.8 Å². The van der Waals surface area contributed by atoms with E-state index in [0.29, 0.717) is 8.32 Å². The minimum Gasteiger partial charge on any atom is -0.116 e. The molecule has 0 aromatic rings. The van der Waals surface area contributed by atoms with Crippen LogP contribution in [0, 0.1) is 0 Å². The average molecular weight is 366 g/mol. The normalized spacial score (nSPS) is 42.5. The summed E-state index contributed by atoms with van der Waals surface area (Å²) in [5.41, 5.74) is 0. The first-order chi connectivity index (χ1) is 5.75. The molecule has 2 aliphatic rings. The van der Waals surface area contributed by atoms with Gasteiger partial charge in [-0.05, 0) is 0 Å². The molecule has 0 aromatic carbocycles. The zero-order chi connectivity index (χ0) is 8.55. The molecule has 68 valence electrons. The van der Waals surface area contributed by atoms with Gasteiger partial charge in [0, 0.05) is 11.5 Å². The van der Waals surface area contributed by atoms with Crippen LogP contribution in [0.25, 0.3) is 0 Å². The number of alkyl halides is 2. The SMILES string of the molecule is BrC1CS/C(=C2\SCC(Br)S2)S1. The summed E-state index contributed by atoms with van der Waals surface area (Å²) < 4.78 is 4.30. The Hall–Kier alpha value is 2.10. The second-order valence-electron chi connectivity index (χ2n) is 2.25. The first-order valence-corrected chi connectivity index (χ1v) is 8.93. The van der Waals surface area contributed by atoms with Gasteiger partial charge in [-0.2, -0.15) is 0 Å². The Morgan fingerprint density at radius 1 is 0.917 bits per heavy atom. The van der Waals surface area contributed by atoms with Gasteiger partial charge in [-0.3, -0.25) is 0 Å². The average Bonchev–Trinajstić information content (AvgIpc) is 2.58. The quantitative estimate of drug-likeness (QED) is 0.578. The van der Waals surface area contributed by atoms with Crippen molar-refractivity contribution in [3.8, 4) is 0 Å². The molecular weight excluding hydrogens is 360 g/mol. The highest BCUT2D eigenvalue weighted by molar-refractivity contribution is 9.12. The van der Waals surface area contributed by atoms with Gasteiger partial charge in [-0.15, -0.1) is 47.0 Å². The van der Waals surface area contributed by atoms with Gasteiger partial charge >= 0.3 is 0 Å². The third-order valence-electron chi connectivity index (χ3n) is 1.33. The predicted octanol–water partition coefficient (Wildman–Crippen LogP) is 4.52. The van der Waals surface area contributed by atoms with Crippen molar-refractivity contribution >= 4 is 78.9 Å². The fourth-order valence-corrected chi connectivity index (χ4v) is 8.87. The van der Waals surface area contributed by atoms with Gasteiger partial charge in [0.05, 0.1) is 16.8 Å². The van der Waals surface area contributed by atoms with E-state index in [1.54, 1.807) is 0 Å². The number of halogens is 2. The van der Waals surface area contributed by atoms with E-state index in [2.05, 4.69) is 31.9 Å². The van der Waals surface area contributed by atoms with Crippen molar-refractivity contribution < 1.29 is 0 Å². The predicted molar refractivity (Wildman–Crippen MR) is 72.6 cm³/mol. The Kier molecular flexibility index (Phi) is 4.20. The zero-order valence-electron chi connectivity index (χ0n) is 5.96. The Morgan fingerprint density at radius 2 is 1.33 bits per heavy atom. The summed E-state index contributed by atoms with van der Waals surface area (Å²) in [5.74, 6) is 2.41. The maximum Gasteiger partial charge on any atom is 0.0746 e. The van der Waals surface area contributed by atoms with Gasteiger partial charge in [0.2, 0.25) is 0 Å². The minimum absolute atomic E-state index is 0.626. The van der Waals surface area contributed by atoms with Gasteiger partial charge in [0.1, 0.15) is 0 Å². The lowest BCUT2D eigenvalue weighted by atomic mass is 11.0. The molecule has 2 saturated heterocycles. The molecule has 2 aliphatic heterocycles. The molecule has 0 radical (unpaired) electrons. The fourth-order valence-electron chi connectivity index (χ4n) is 0.865. The molecular formula is C6H6Br2S4. The van der Waals surface area contributed by atoms with Crippen molar-refractivity contribution in [1.82, 2.24) is 0 Å². The van der Waals surface area contributed by atoms with Crippen LogP contribution < -0.4 is 0 Å². The molecule has 2 atom stereocenters. The van der Waals surface area contributed by atoms with E-state index in [1.165, 1.54) is 20.0 Å². The van der Waals surface area contributed by atoms with Crippen LogP contribution >= 0.6 is 78.9 Å². The van der Waals surface area contributed by atoms with Crippen molar-refractivity contribution in [2.45, 2.75) is 8.32 Å². The maximum atomic E-state index is 3.62. The Bertz CT molecular complexity index is 196. The second kappa shape index (κ2) is 4.75. The number of hydrogen-bond donors (Lipinski definition) is 0. The molecule has 0 bridgehead atoms. The van der Waals surface area contributed by atoms with E-state index < -0.39 is 0 Å². The van der Waals surface area contributed by atoms with Crippen molar-refractivity contribution in [3.05, 3.63) is 8.47 Å². The molecule has 0 amide bonds. The molecule has 2 heterocycles. The van der Waals surface area contributed by atoms with Crippen LogP contribution in [0.2, 0.25) is 0 Å². The molecule has 2 unspecified atom stereocenters. The standard InChI is InChI=1S/C6H6Br2S4/c7-3-1-9-5(11-3)6-10-2-4(8)12-6/h3-4H,1-2H2/b6-5-. The van der Waals surface area contributed by atoms with E-state index in [4.69, 9.17) is 0 Å². The lowest BCUT2D eigenvalue weighted by Crippen LogP contribution is -1.82. The smallest absolute Gasteiger partial charge is 0.0746 e. The molecule has 12 heavy (non-hydrogen) atoms. The summed E-state index contributed by atoms with van der Waals surface area (Å²) in [6.45, 7) is 0. The molecule has 0 saturated carbocycles. The Morgan fingerprint density at radius 3 is 1.58 bits per heavy atom. The topological polar surface area (TPSA) is 0 Å². The highest BCUT2D eigenvalue weighted by atomic mass is 79.9. The summed E-state index contributed by atoms with van der Waals surface area (Å²) in [6, 6.07) is 0. The van der Waals surface area contributed by atoms with Gasteiger partial charge in [-0.1, -0.05) is 31.9 Å². The van der Waals surface area contributed by atoms with E-state index >= 15 is 0 Å². The first-order valence-electron chi connectivity index (χ1n) is 3.37. The molecule has 0 N–H and O–H groups in total. The Balaban J connectivity index is 2.06. The van der Waals surface area contributed by atoms with Crippen LogP contribution in [0.5, 0.6) is 0 Å². The van der Waals surface area contributed by atoms with Gasteiger partial charge in [0.15, 0.2) is 0 Å². The van der Waals surface area contributed by atoms with E-state index in [9.17, 15) is 0 Å². The molecule has 0 nitrogen and oxygen atoms in total. The van der Waals surface area contributed by atoms with Crippen LogP contribution in [0.15, 0.2) is 8.47 Å². The van der Waals surface area contributed by atoms with E-state index in [-0.39, 0.29) is 0 Å². The van der Waals surface area contributed by atoms with Crippen molar-refractivity contribution in [1.29, 1.82) is 0 Å². The molecule has 0 aliphatic carbocycles. The van der Waals surface area contributed by atoms with Crippen LogP contribution in [0.1, 0.15) is 0 Å². The monoisotopic (exact) mass is 364 g/mol. The number of thioether (sulfide) groups is 4. The lowest BCUT2D eigenvalue weighted by molar-refractivity contribution is 1.51. The first kappa shape index (κ1) is 10.6. The summed E-state index contributed by atoms with van der Waals surface area (Å²) in [5, 5.41) is 0. The Labute approximate surface area is 106 Å². The van der Waals surface area contributed by atoms with Gasteiger partial charge in [-0.25, -0.2) is 0 Å². The van der Waals surface area contributed by atoms with E-state index in [0.717, 1.165) is 0 Å². The molecule has 6 heteroatoms. The number of hydrogen-bond acceptors (Lipinski definition) is 4. The molecule has 2 rings (SSSR count). The largest absolute Gasteiger partial charge is 0.116 e. The van der Waals surface area contributed by atoms with Crippen LogP contribution in [0.4, 0.5) is 0 Å². The third kappa shape index (κ3) is 2.57. The van der Waals surface area contributed by atoms with Crippen LogP contribution in [-0.2, 0) is 0 Å². The van der Waals surface area contributed by atoms with Gasteiger partial charge < -0.3 is 0 Å². The van der Waals surface area contributed by atoms with Crippen molar-refractivity contribution in [2.24, 2.45) is 0 Å².